The first-order chi connectivity index (χ1) is 20.2. The highest BCUT2D eigenvalue weighted by atomic mass is 32.2. The number of carbonyl (C=O) groups excluding carboxylic acids is 2. The van der Waals surface area contributed by atoms with Gasteiger partial charge in [-0.1, -0.05) is 55.9 Å². The van der Waals surface area contributed by atoms with Crippen molar-refractivity contribution < 1.29 is 27.5 Å². The highest BCUT2D eigenvalue weighted by molar-refractivity contribution is 7.99. The van der Waals surface area contributed by atoms with E-state index in [-0.39, 0.29) is 22.1 Å². The molecule has 220 valence electrons. The van der Waals surface area contributed by atoms with Crippen LogP contribution in [0.3, 0.4) is 0 Å². The average Bonchev–Trinajstić information content (AvgIpc) is 3.44. The van der Waals surface area contributed by atoms with Gasteiger partial charge in [-0.25, -0.2) is 13.2 Å². The Kier molecular flexibility index (Phi) is 9.99. The lowest BCUT2D eigenvalue weighted by Crippen LogP contribution is -2.30. The van der Waals surface area contributed by atoms with E-state index in [1.165, 1.54) is 11.4 Å². The zero-order chi connectivity index (χ0) is 30.3. The van der Waals surface area contributed by atoms with Crippen LogP contribution in [-0.2, 0) is 19.6 Å². The minimum atomic E-state index is -3.71. The monoisotopic (exact) mass is 609 g/mol. The molecule has 1 aromatic heterocycles. The normalized spacial score (nSPS) is 11.4. The number of rotatable bonds is 12. The van der Waals surface area contributed by atoms with Crippen molar-refractivity contribution in [1.82, 2.24) is 19.1 Å². The molecule has 0 aliphatic heterocycles. The van der Waals surface area contributed by atoms with Crippen molar-refractivity contribution in [2.24, 2.45) is 0 Å². The Morgan fingerprint density at radius 2 is 1.69 bits per heavy atom. The van der Waals surface area contributed by atoms with Crippen molar-refractivity contribution in [3.8, 4) is 22.8 Å². The van der Waals surface area contributed by atoms with E-state index in [0.717, 1.165) is 11.8 Å². The molecule has 3 aromatic carbocycles. The van der Waals surface area contributed by atoms with Crippen molar-refractivity contribution in [2.75, 3.05) is 38.4 Å². The maximum Gasteiger partial charge on any atom is 0.339 e. The van der Waals surface area contributed by atoms with Crippen LogP contribution in [0.1, 0.15) is 24.2 Å². The molecule has 0 unspecified atom stereocenters. The first-order valence-corrected chi connectivity index (χ1v) is 15.5. The number of hydrogen-bond donors (Lipinski definition) is 1. The molecule has 0 spiro atoms. The highest BCUT2D eigenvalue weighted by Gasteiger charge is 2.24. The summed E-state index contributed by atoms with van der Waals surface area (Å²) in [6, 6.07) is 20.3. The third-order valence-electron chi connectivity index (χ3n) is 6.32. The number of methoxy groups -OCH3 is 2. The van der Waals surface area contributed by atoms with E-state index in [1.54, 1.807) is 86.2 Å². The van der Waals surface area contributed by atoms with Crippen LogP contribution in [0.15, 0.2) is 82.8 Å². The molecule has 13 heteroatoms. The molecule has 0 aliphatic rings. The fraction of sp³-hybridized carbons (Fsp3) is 0.241. The zero-order valence-corrected chi connectivity index (χ0v) is 25.2. The molecule has 4 rings (SSSR count). The number of esters is 1. The number of nitrogens with one attached hydrogen (secondary N) is 1. The summed E-state index contributed by atoms with van der Waals surface area (Å²) >= 11 is 1.13. The van der Waals surface area contributed by atoms with Gasteiger partial charge in [-0.05, 0) is 36.4 Å². The summed E-state index contributed by atoms with van der Waals surface area (Å²) in [6.07, 6.45) is 0. The lowest BCUT2D eigenvalue weighted by molar-refractivity contribution is -0.113. The van der Waals surface area contributed by atoms with Gasteiger partial charge in [0.2, 0.25) is 15.9 Å². The Bertz CT molecular complexity index is 1690. The van der Waals surface area contributed by atoms with E-state index in [2.05, 4.69) is 15.5 Å². The molecule has 42 heavy (non-hydrogen) atoms. The first kappa shape index (κ1) is 30.8. The smallest absolute Gasteiger partial charge is 0.339 e. The molecule has 0 atom stereocenters. The van der Waals surface area contributed by atoms with Gasteiger partial charge in [0, 0.05) is 24.7 Å². The number of thioether (sulfide) groups is 1. The Morgan fingerprint density at radius 3 is 2.40 bits per heavy atom. The Labute approximate surface area is 248 Å². The van der Waals surface area contributed by atoms with Gasteiger partial charge in [-0.2, -0.15) is 4.31 Å². The summed E-state index contributed by atoms with van der Waals surface area (Å²) in [5.41, 5.74) is 1.75. The van der Waals surface area contributed by atoms with E-state index in [0.29, 0.717) is 46.8 Å². The molecule has 11 nitrogen and oxygen atoms in total. The SMILES string of the molecule is CCN(CC)S(=O)(=O)c1cccc(-c2nnc(SCC(=O)Nc3ccccc3C(=O)OC)n2-c2cccc(OC)c2)c1. The molecule has 0 saturated carbocycles. The molecule has 1 N–H and O–H groups in total. The van der Waals surface area contributed by atoms with Crippen LogP contribution >= 0.6 is 11.8 Å². The predicted molar refractivity (Wildman–Crippen MR) is 161 cm³/mol. The number of carbonyl (C=O) groups is 2. The van der Waals surface area contributed by atoms with Crippen LogP contribution in [0.25, 0.3) is 17.1 Å². The largest absolute Gasteiger partial charge is 0.497 e. The number of benzene rings is 3. The molecular formula is C29H31N5O6S2. The minimum absolute atomic E-state index is 0.0476. The predicted octanol–water partition coefficient (Wildman–Crippen LogP) is 4.49. The number of amides is 1. The molecule has 0 fully saturated rings. The quantitative estimate of drug-likeness (QED) is 0.182. The fourth-order valence-corrected chi connectivity index (χ4v) is 6.49. The lowest BCUT2D eigenvalue weighted by atomic mass is 10.2. The van der Waals surface area contributed by atoms with Gasteiger partial charge in [0.25, 0.3) is 0 Å². The Hall–Kier alpha value is -4.20. The standard InChI is InChI=1S/C29H31N5O6S2/c1-5-33(6-2)42(37,38)23-14-9-11-20(17-23)27-31-32-29(34(27)21-12-10-13-22(18-21)39-3)41-19-26(35)30-25-16-8-7-15-24(25)28(36)40-4/h7-18H,5-6,19H2,1-4H3,(H,30,35). The summed E-state index contributed by atoms with van der Waals surface area (Å²) in [7, 11) is -0.883. The number of anilines is 1. The maximum absolute atomic E-state index is 13.2. The summed E-state index contributed by atoms with van der Waals surface area (Å²) in [5.74, 6) is 0.00193. The van der Waals surface area contributed by atoms with Gasteiger partial charge in [0.1, 0.15) is 5.75 Å². The molecule has 0 aliphatic carbocycles. The molecule has 1 amide bonds. The third kappa shape index (κ3) is 6.64. The number of para-hydroxylation sites is 1. The van der Waals surface area contributed by atoms with Crippen LogP contribution in [0.2, 0.25) is 0 Å². The summed E-state index contributed by atoms with van der Waals surface area (Å²) in [6.45, 7) is 4.27. The van der Waals surface area contributed by atoms with E-state index in [9.17, 15) is 18.0 Å². The van der Waals surface area contributed by atoms with E-state index >= 15 is 0 Å². The zero-order valence-electron chi connectivity index (χ0n) is 23.6. The molecular weight excluding hydrogens is 578 g/mol. The van der Waals surface area contributed by atoms with Crippen LogP contribution in [0.4, 0.5) is 5.69 Å². The third-order valence-corrected chi connectivity index (χ3v) is 9.29. The van der Waals surface area contributed by atoms with Gasteiger partial charge in [0.15, 0.2) is 11.0 Å². The van der Waals surface area contributed by atoms with Crippen LogP contribution < -0.4 is 10.1 Å². The van der Waals surface area contributed by atoms with E-state index < -0.39 is 16.0 Å². The Morgan fingerprint density at radius 1 is 0.952 bits per heavy atom. The minimum Gasteiger partial charge on any atom is -0.497 e. The molecule has 4 aromatic rings. The van der Waals surface area contributed by atoms with Gasteiger partial charge in [-0.3, -0.25) is 9.36 Å². The molecule has 1 heterocycles. The number of hydrogen-bond acceptors (Lipinski definition) is 9. The van der Waals surface area contributed by atoms with Crippen molar-refractivity contribution in [3.05, 3.63) is 78.4 Å². The summed E-state index contributed by atoms with van der Waals surface area (Å²) in [5, 5.41) is 11.9. The van der Waals surface area contributed by atoms with Crippen LogP contribution in [0, 0.1) is 0 Å². The second-order valence-corrected chi connectivity index (χ2v) is 11.7. The van der Waals surface area contributed by atoms with Crippen LogP contribution in [0.5, 0.6) is 5.75 Å². The van der Waals surface area contributed by atoms with Crippen molar-refractivity contribution in [1.29, 1.82) is 0 Å². The Balaban J connectivity index is 1.69. The van der Waals surface area contributed by atoms with Gasteiger partial charge >= 0.3 is 5.97 Å². The second kappa shape index (κ2) is 13.6. The van der Waals surface area contributed by atoms with Crippen molar-refractivity contribution in [3.63, 3.8) is 0 Å². The summed E-state index contributed by atoms with van der Waals surface area (Å²) in [4.78, 5) is 25.2. The maximum atomic E-state index is 13.2. The summed E-state index contributed by atoms with van der Waals surface area (Å²) < 4.78 is 39.8. The number of nitrogens with zero attached hydrogens (tertiary/aromatic N) is 4. The van der Waals surface area contributed by atoms with Crippen LogP contribution in [-0.4, -0.2) is 72.4 Å². The first-order valence-electron chi connectivity index (χ1n) is 13.0. The van der Waals surface area contributed by atoms with E-state index in [1.807, 2.05) is 12.1 Å². The van der Waals surface area contributed by atoms with Crippen molar-refractivity contribution in [2.45, 2.75) is 23.9 Å². The lowest BCUT2D eigenvalue weighted by Gasteiger charge is -2.19. The average molecular weight is 610 g/mol. The van der Waals surface area contributed by atoms with Crippen molar-refractivity contribution >= 4 is 39.3 Å². The molecule has 0 radical (unpaired) electrons. The molecule has 0 saturated heterocycles. The second-order valence-electron chi connectivity index (χ2n) is 8.83. The number of aromatic nitrogens is 3. The van der Waals surface area contributed by atoms with E-state index in [4.69, 9.17) is 9.47 Å². The van der Waals surface area contributed by atoms with Gasteiger partial charge < -0.3 is 14.8 Å². The number of ether oxygens (including phenoxy) is 2. The fourth-order valence-electron chi connectivity index (χ4n) is 4.24. The number of sulfonamides is 1. The van der Waals surface area contributed by atoms with Gasteiger partial charge in [-0.15, -0.1) is 10.2 Å². The van der Waals surface area contributed by atoms with Gasteiger partial charge in [0.05, 0.1) is 41.8 Å². The highest BCUT2D eigenvalue weighted by Crippen LogP contribution is 2.31. The topological polar surface area (TPSA) is 133 Å². The molecule has 0 bridgehead atoms.